The third-order valence-corrected chi connectivity index (χ3v) is 4.29. The van der Waals surface area contributed by atoms with Gasteiger partial charge in [0.15, 0.2) is 0 Å². The summed E-state index contributed by atoms with van der Waals surface area (Å²) in [4.78, 5) is 16.8. The molecule has 3 aromatic rings. The second-order valence-electron chi connectivity index (χ2n) is 6.10. The molecule has 1 aromatic heterocycles. The average molecular weight is 362 g/mol. The monoisotopic (exact) mass is 362 g/mol. The summed E-state index contributed by atoms with van der Waals surface area (Å²) in [6, 6.07) is 17.1. The Kier molecular flexibility index (Phi) is 5.71. The summed E-state index contributed by atoms with van der Waals surface area (Å²) in [6.07, 6.45) is 3.20. The number of fused-ring (bicyclic) bond motifs is 1. The number of nitrogens with zero attached hydrogens (tertiary/aromatic N) is 1. The average Bonchev–Trinajstić information content (AvgIpc) is 2.71. The molecule has 1 heterocycles. The van der Waals surface area contributed by atoms with E-state index in [0.717, 1.165) is 22.2 Å². The number of hydrogen-bond acceptors (Lipinski definition) is 4. The highest BCUT2D eigenvalue weighted by molar-refractivity contribution is 5.92. The second kappa shape index (κ2) is 8.36. The Balaban J connectivity index is 1.70. The van der Waals surface area contributed by atoms with Crippen LogP contribution in [-0.4, -0.2) is 25.1 Å². The summed E-state index contributed by atoms with van der Waals surface area (Å²) >= 11 is 0. The molecule has 0 aliphatic rings. The van der Waals surface area contributed by atoms with Crippen LogP contribution in [0.15, 0.2) is 60.7 Å². The van der Waals surface area contributed by atoms with E-state index in [0.29, 0.717) is 11.5 Å². The summed E-state index contributed by atoms with van der Waals surface area (Å²) in [7, 11) is 3.20. The van der Waals surface area contributed by atoms with Gasteiger partial charge in [0.25, 0.3) is 0 Å². The third-order valence-electron chi connectivity index (χ3n) is 4.29. The number of hydrogen-bond donors (Lipinski definition) is 1. The molecule has 1 N–H and O–H groups in total. The van der Waals surface area contributed by atoms with Gasteiger partial charge in [0.1, 0.15) is 11.5 Å². The lowest BCUT2D eigenvalue weighted by Gasteiger charge is -2.17. The molecule has 27 heavy (non-hydrogen) atoms. The van der Waals surface area contributed by atoms with E-state index >= 15 is 0 Å². The summed E-state index contributed by atoms with van der Waals surface area (Å²) in [6.45, 7) is 1.91. The van der Waals surface area contributed by atoms with Crippen molar-refractivity contribution in [1.82, 2.24) is 10.3 Å². The molecule has 2 aromatic carbocycles. The largest absolute Gasteiger partial charge is 0.497 e. The highest BCUT2D eigenvalue weighted by Gasteiger charge is 2.13. The van der Waals surface area contributed by atoms with Gasteiger partial charge in [-0.1, -0.05) is 24.3 Å². The number of carbonyl (C=O) groups excluding carboxylic acids is 1. The standard InChI is InChI=1S/C22H22N2O3/c1-15(19-12-11-18(26-2)14-21(19)27-3)23-22(25)13-10-17-9-8-16-6-4-5-7-20(16)24-17/h4-15H,1-3H3,(H,23,25)/b13-10-/t15-/m1/s1. The van der Waals surface area contributed by atoms with Crippen molar-refractivity contribution in [2.24, 2.45) is 0 Å². The first kappa shape index (κ1) is 18.5. The lowest BCUT2D eigenvalue weighted by atomic mass is 10.1. The van der Waals surface area contributed by atoms with Crippen molar-refractivity contribution in [3.8, 4) is 11.5 Å². The maximum absolute atomic E-state index is 12.3. The van der Waals surface area contributed by atoms with Crippen molar-refractivity contribution < 1.29 is 14.3 Å². The van der Waals surface area contributed by atoms with Crippen LogP contribution in [0.25, 0.3) is 17.0 Å². The normalized spacial score (nSPS) is 12.1. The van der Waals surface area contributed by atoms with Crippen molar-refractivity contribution in [1.29, 1.82) is 0 Å². The first-order valence-corrected chi connectivity index (χ1v) is 8.67. The fraction of sp³-hybridized carbons (Fsp3) is 0.182. The van der Waals surface area contributed by atoms with E-state index in [2.05, 4.69) is 10.3 Å². The lowest BCUT2D eigenvalue weighted by molar-refractivity contribution is -0.117. The summed E-state index contributed by atoms with van der Waals surface area (Å²) in [5, 5.41) is 4.01. The molecule has 1 amide bonds. The molecule has 5 nitrogen and oxygen atoms in total. The Morgan fingerprint density at radius 1 is 1.07 bits per heavy atom. The molecule has 0 spiro atoms. The molecule has 0 bridgehead atoms. The number of nitrogens with one attached hydrogen (secondary N) is 1. The number of benzene rings is 2. The van der Waals surface area contributed by atoms with Gasteiger partial charge in [-0.15, -0.1) is 0 Å². The van der Waals surface area contributed by atoms with Crippen LogP contribution in [-0.2, 0) is 4.79 Å². The minimum Gasteiger partial charge on any atom is -0.497 e. The van der Waals surface area contributed by atoms with E-state index in [1.54, 1.807) is 26.4 Å². The van der Waals surface area contributed by atoms with Crippen LogP contribution in [0.1, 0.15) is 24.2 Å². The van der Waals surface area contributed by atoms with E-state index in [1.165, 1.54) is 6.08 Å². The number of pyridine rings is 1. The predicted molar refractivity (Wildman–Crippen MR) is 107 cm³/mol. The van der Waals surface area contributed by atoms with E-state index < -0.39 is 0 Å². The first-order chi connectivity index (χ1) is 13.1. The van der Waals surface area contributed by atoms with Crippen LogP contribution >= 0.6 is 0 Å². The van der Waals surface area contributed by atoms with Crippen molar-refractivity contribution in [2.45, 2.75) is 13.0 Å². The maximum Gasteiger partial charge on any atom is 0.244 e. The fourth-order valence-corrected chi connectivity index (χ4v) is 2.85. The van der Waals surface area contributed by atoms with Gasteiger partial charge in [-0.3, -0.25) is 4.79 Å². The van der Waals surface area contributed by atoms with Crippen LogP contribution in [0.4, 0.5) is 0 Å². The summed E-state index contributed by atoms with van der Waals surface area (Å²) < 4.78 is 10.6. The topological polar surface area (TPSA) is 60.5 Å². The Bertz CT molecular complexity index is 982. The molecule has 0 saturated heterocycles. The molecule has 0 radical (unpaired) electrons. The SMILES string of the molecule is COc1ccc([C@@H](C)NC(=O)/C=C\c2ccc3ccccc3n2)c(OC)c1. The van der Waals surface area contributed by atoms with E-state index in [4.69, 9.17) is 9.47 Å². The molecule has 0 saturated carbocycles. The van der Waals surface area contributed by atoms with Crippen LogP contribution in [0, 0.1) is 0 Å². The van der Waals surface area contributed by atoms with Gasteiger partial charge in [0.05, 0.1) is 31.5 Å². The number of rotatable bonds is 6. The minimum absolute atomic E-state index is 0.199. The Morgan fingerprint density at radius 3 is 2.67 bits per heavy atom. The maximum atomic E-state index is 12.3. The smallest absolute Gasteiger partial charge is 0.244 e. The van der Waals surface area contributed by atoms with Gasteiger partial charge in [-0.2, -0.15) is 0 Å². The van der Waals surface area contributed by atoms with Crippen LogP contribution in [0.5, 0.6) is 11.5 Å². The second-order valence-corrected chi connectivity index (χ2v) is 6.10. The highest BCUT2D eigenvalue weighted by Crippen LogP contribution is 2.29. The van der Waals surface area contributed by atoms with Gasteiger partial charge in [-0.05, 0) is 37.3 Å². The molecule has 0 unspecified atom stereocenters. The minimum atomic E-state index is -0.215. The van der Waals surface area contributed by atoms with Gasteiger partial charge in [-0.25, -0.2) is 4.98 Å². The van der Waals surface area contributed by atoms with E-state index in [9.17, 15) is 4.79 Å². The van der Waals surface area contributed by atoms with Gasteiger partial charge in [0, 0.05) is 23.1 Å². The van der Waals surface area contributed by atoms with Gasteiger partial charge < -0.3 is 14.8 Å². The number of ether oxygens (including phenoxy) is 2. The van der Waals surface area contributed by atoms with Crippen molar-refractivity contribution in [2.75, 3.05) is 14.2 Å². The number of para-hydroxylation sites is 1. The number of carbonyl (C=O) groups is 1. The zero-order valence-corrected chi connectivity index (χ0v) is 15.6. The number of amides is 1. The van der Waals surface area contributed by atoms with Crippen molar-refractivity contribution >= 4 is 22.9 Å². The molecule has 1 atom stereocenters. The van der Waals surface area contributed by atoms with Crippen LogP contribution in [0.2, 0.25) is 0 Å². The highest BCUT2D eigenvalue weighted by atomic mass is 16.5. The molecule has 0 fully saturated rings. The Labute approximate surface area is 158 Å². The zero-order chi connectivity index (χ0) is 19.2. The molecule has 5 heteroatoms. The summed E-state index contributed by atoms with van der Waals surface area (Å²) in [5.74, 6) is 1.18. The van der Waals surface area contributed by atoms with Crippen molar-refractivity contribution in [3.05, 3.63) is 71.9 Å². The fourth-order valence-electron chi connectivity index (χ4n) is 2.85. The lowest BCUT2D eigenvalue weighted by Crippen LogP contribution is -2.25. The van der Waals surface area contributed by atoms with Crippen LogP contribution < -0.4 is 14.8 Å². The van der Waals surface area contributed by atoms with E-state index in [-0.39, 0.29) is 11.9 Å². The molecule has 0 aliphatic heterocycles. The molecular weight excluding hydrogens is 340 g/mol. The quantitative estimate of drug-likeness (QED) is 0.670. The predicted octanol–water partition coefficient (Wildman–Crippen LogP) is 4.14. The molecule has 0 aliphatic carbocycles. The number of aromatic nitrogens is 1. The third kappa shape index (κ3) is 4.44. The van der Waals surface area contributed by atoms with Gasteiger partial charge in [0.2, 0.25) is 5.91 Å². The zero-order valence-electron chi connectivity index (χ0n) is 15.6. The van der Waals surface area contributed by atoms with E-state index in [1.807, 2.05) is 55.5 Å². The van der Waals surface area contributed by atoms with Crippen molar-refractivity contribution in [3.63, 3.8) is 0 Å². The summed E-state index contributed by atoms with van der Waals surface area (Å²) in [5.41, 5.74) is 2.51. The first-order valence-electron chi connectivity index (χ1n) is 8.67. The number of methoxy groups -OCH3 is 2. The van der Waals surface area contributed by atoms with Crippen LogP contribution in [0.3, 0.4) is 0 Å². The molecule has 138 valence electrons. The molecular formula is C22H22N2O3. The van der Waals surface area contributed by atoms with Gasteiger partial charge >= 0.3 is 0 Å². The Morgan fingerprint density at radius 2 is 1.89 bits per heavy atom. The molecule has 3 rings (SSSR count). The Hall–Kier alpha value is -3.34.